The SMILES string of the molecule is CCOc1cc(CNC2=NCC(C)N2)ccc1OC. The third kappa shape index (κ3) is 3.53. The number of aliphatic imine (C=N–C) groups is 1. The Hall–Kier alpha value is -1.91. The van der Waals surface area contributed by atoms with E-state index in [0.717, 1.165) is 29.6 Å². The fraction of sp³-hybridized carbons (Fsp3) is 0.500. The zero-order valence-corrected chi connectivity index (χ0v) is 11.7. The molecule has 19 heavy (non-hydrogen) atoms. The molecule has 0 bridgehead atoms. The standard InChI is InChI=1S/C14H21N3O2/c1-4-19-13-7-11(5-6-12(13)18-3)9-16-14-15-8-10(2)17-14/h5-7,10H,4,8-9H2,1-3H3,(H2,15,16,17). The molecule has 1 aliphatic heterocycles. The highest BCUT2D eigenvalue weighted by Gasteiger charge is 2.12. The van der Waals surface area contributed by atoms with Crippen molar-refractivity contribution in [3.8, 4) is 11.5 Å². The molecule has 1 aliphatic rings. The lowest BCUT2D eigenvalue weighted by Crippen LogP contribution is -2.37. The Kier molecular flexibility index (Phi) is 4.49. The average Bonchev–Trinajstić information content (AvgIpc) is 2.83. The van der Waals surface area contributed by atoms with Crippen LogP contribution in [0.25, 0.3) is 0 Å². The number of nitrogens with one attached hydrogen (secondary N) is 2. The monoisotopic (exact) mass is 263 g/mol. The fourth-order valence-electron chi connectivity index (χ4n) is 1.94. The van der Waals surface area contributed by atoms with Crippen molar-refractivity contribution >= 4 is 5.96 Å². The predicted octanol–water partition coefficient (Wildman–Crippen LogP) is 1.53. The summed E-state index contributed by atoms with van der Waals surface area (Å²) in [6, 6.07) is 6.35. The first kappa shape index (κ1) is 13.5. The van der Waals surface area contributed by atoms with Gasteiger partial charge in [-0.25, -0.2) is 0 Å². The van der Waals surface area contributed by atoms with E-state index in [1.807, 2.05) is 25.1 Å². The van der Waals surface area contributed by atoms with Crippen molar-refractivity contribution in [2.45, 2.75) is 26.4 Å². The lowest BCUT2D eigenvalue weighted by molar-refractivity contribution is 0.310. The molecule has 5 nitrogen and oxygen atoms in total. The van der Waals surface area contributed by atoms with Crippen LogP contribution in [0.1, 0.15) is 19.4 Å². The first-order valence-electron chi connectivity index (χ1n) is 6.57. The molecule has 2 N–H and O–H groups in total. The van der Waals surface area contributed by atoms with Crippen LogP contribution < -0.4 is 20.1 Å². The largest absolute Gasteiger partial charge is 0.493 e. The highest BCUT2D eigenvalue weighted by Crippen LogP contribution is 2.27. The van der Waals surface area contributed by atoms with Crippen LogP contribution >= 0.6 is 0 Å². The molecule has 2 rings (SSSR count). The summed E-state index contributed by atoms with van der Waals surface area (Å²) in [5.41, 5.74) is 1.13. The molecule has 1 aromatic carbocycles. The van der Waals surface area contributed by atoms with Gasteiger partial charge in [0.15, 0.2) is 17.5 Å². The van der Waals surface area contributed by atoms with Crippen LogP contribution in [0.2, 0.25) is 0 Å². The second kappa shape index (κ2) is 6.31. The average molecular weight is 263 g/mol. The maximum absolute atomic E-state index is 5.56. The second-order valence-corrected chi connectivity index (χ2v) is 4.51. The molecule has 0 spiro atoms. The minimum absolute atomic E-state index is 0.414. The first-order valence-corrected chi connectivity index (χ1v) is 6.57. The summed E-state index contributed by atoms with van der Waals surface area (Å²) in [6.07, 6.45) is 0. The minimum Gasteiger partial charge on any atom is -0.493 e. The Morgan fingerprint density at radius 1 is 1.42 bits per heavy atom. The van der Waals surface area contributed by atoms with Crippen molar-refractivity contribution in [3.63, 3.8) is 0 Å². The Morgan fingerprint density at radius 2 is 2.26 bits per heavy atom. The molecule has 104 valence electrons. The number of hydrogen-bond donors (Lipinski definition) is 2. The van der Waals surface area contributed by atoms with Gasteiger partial charge in [0.25, 0.3) is 0 Å². The van der Waals surface area contributed by atoms with Crippen LogP contribution in [0.15, 0.2) is 23.2 Å². The van der Waals surface area contributed by atoms with E-state index in [0.29, 0.717) is 19.2 Å². The van der Waals surface area contributed by atoms with Crippen LogP contribution in [0.5, 0.6) is 11.5 Å². The van der Waals surface area contributed by atoms with Crippen LogP contribution in [-0.4, -0.2) is 32.3 Å². The van der Waals surface area contributed by atoms with Gasteiger partial charge in [0.05, 0.1) is 20.3 Å². The number of methoxy groups -OCH3 is 1. The van der Waals surface area contributed by atoms with Crippen LogP contribution in [0, 0.1) is 0 Å². The fourth-order valence-corrected chi connectivity index (χ4v) is 1.94. The molecule has 5 heteroatoms. The molecule has 0 aromatic heterocycles. The predicted molar refractivity (Wildman–Crippen MR) is 75.9 cm³/mol. The number of rotatable bonds is 5. The van der Waals surface area contributed by atoms with Crippen molar-refractivity contribution in [1.29, 1.82) is 0 Å². The molecule has 0 amide bonds. The second-order valence-electron chi connectivity index (χ2n) is 4.51. The van der Waals surface area contributed by atoms with Gasteiger partial charge in [-0.2, -0.15) is 0 Å². The van der Waals surface area contributed by atoms with Crippen molar-refractivity contribution in [2.75, 3.05) is 20.3 Å². The Labute approximate surface area is 114 Å². The normalized spacial score (nSPS) is 17.6. The molecule has 1 aromatic rings. The van der Waals surface area contributed by atoms with Gasteiger partial charge in [-0.1, -0.05) is 6.07 Å². The van der Waals surface area contributed by atoms with Gasteiger partial charge in [-0.15, -0.1) is 0 Å². The van der Waals surface area contributed by atoms with Gasteiger partial charge in [-0.3, -0.25) is 4.99 Å². The zero-order chi connectivity index (χ0) is 13.7. The minimum atomic E-state index is 0.414. The lowest BCUT2D eigenvalue weighted by atomic mass is 10.2. The van der Waals surface area contributed by atoms with Crippen LogP contribution in [0.4, 0.5) is 0 Å². The lowest BCUT2D eigenvalue weighted by Gasteiger charge is -2.12. The van der Waals surface area contributed by atoms with E-state index in [1.165, 1.54) is 0 Å². The summed E-state index contributed by atoms with van der Waals surface area (Å²) in [7, 11) is 1.65. The van der Waals surface area contributed by atoms with E-state index >= 15 is 0 Å². The molecule has 0 aliphatic carbocycles. The van der Waals surface area contributed by atoms with E-state index in [9.17, 15) is 0 Å². The molecular formula is C14H21N3O2. The van der Waals surface area contributed by atoms with Gasteiger partial charge in [0.1, 0.15) is 0 Å². The molecule has 1 atom stereocenters. The van der Waals surface area contributed by atoms with Gasteiger partial charge in [0, 0.05) is 12.6 Å². The maximum Gasteiger partial charge on any atom is 0.191 e. The van der Waals surface area contributed by atoms with E-state index in [4.69, 9.17) is 9.47 Å². The van der Waals surface area contributed by atoms with Crippen LogP contribution in [0.3, 0.4) is 0 Å². The highest BCUT2D eigenvalue weighted by molar-refractivity contribution is 5.81. The van der Waals surface area contributed by atoms with Crippen molar-refractivity contribution in [1.82, 2.24) is 10.6 Å². The molecule has 1 heterocycles. The summed E-state index contributed by atoms with van der Waals surface area (Å²) in [5.74, 6) is 2.40. The number of benzene rings is 1. The number of ether oxygens (including phenoxy) is 2. The summed E-state index contributed by atoms with van der Waals surface area (Å²) < 4.78 is 10.8. The van der Waals surface area contributed by atoms with E-state index < -0.39 is 0 Å². The first-order chi connectivity index (χ1) is 9.22. The van der Waals surface area contributed by atoms with Gasteiger partial charge in [-0.05, 0) is 31.5 Å². The van der Waals surface area contributed by atoms with Crippen molar-refractivity contribution in [3.05, 3.63) is 23.8 Å². The number of hydrogen-bond acceptors (Lipinski definition) is 5. The third-order valence-corrected chi connectivity index (χ3v) is 2.89. The van der Waals surface area contributed by atoms with Crippen LogP contribution in [-0.2, 0) is 6.54 Å². The van der Waals surface area contributed by atoms with E-state index in [1.54, 1.807) is 7.11 Å². The van der Waals surface area contributed by atoms with Gasteiger partial charge < -0.3 is 20.1 Å². The topological polar surface area (TPSA) is 54.9 Å². The van der Waals surface area contributed by atoms with E-state index in [2.05, 4.69) is 22.5 Å². The van der Waals surface area contributed by atoms with Gasteiger partial charge >= 0.3 is 0 Å². The zero-order valence-electron chi connectivity index (χ0n) is 11.7. The number of nitrogens with zero attached hydrogens (tertiary/aromatic N) is 1. The smallest absolute Gasteiger partial charge is 0.191 e. The molecule has 0 saturated carbocycles. The van der Waals surface area contributed by atoms with Crippen molar-refractivity contribution < 1.29 is 9.47 Å². The highest BCUT2D eigenvalue weighted by atomic mass is 16.5. The Morgan fingerprint density at radius 3 is 2.89 bits per heavy atom. The van der Waals surface area contributed by atoms with Crippen molar-refractivity contribution in [2.24, 2.45) is 4.99 Å². The molecule has 1 unspecified atom stereocenters. The van der Waals surface area contributed by atoms with Gasteiger partial charge in [0.2, 0.25) is 0 Å². The summed E-state index contributed by atoms with van der Waals surface area (Å²) in [5, 5.41) is 6.55. The molecule has 0 saturated heterocycles. The summed E-state index contributed by atoms with van der Waals surface area (Å²) >= 11 is 0. The number of guanidine groups is 1. The third-order valence-electron chi connectivity index (χ3n) is 2.89. The molecular weight excluding hydrogens is 242 g/mol. The quantitative estimate of drug-likeness (QED) is 0.846. The Balaban J connectivity index is 1.98. The summed E-state index contributed by atoms with van der Waals surface area (Å²) in [6.45, 7) is 6.23. The van der Waals surface area contributed by atoms with E-state index in [-0.39, 0.29) is 0 Å². The molecule has 0 fully saturated rings. The Bertz CT molecular complexity index is 460. The summed E-state index contributed by atoms with van der Waals surface area (Å²) in [4.78, 5) is 4.36. The maximum atomic E-state index is 5.56. The molecule has 0 radical (unpaired) electrons.